The minimum Gasteiger partial charge on any atom is -0.342 e. The van der Waals surface area contributed by atoms with Crippen molar-refractivity contribution in [3.8, 4) is 0 Å². The summed E-state index contributed by atoms with van der Waals surface area (Å²) in [6, 6.07) is 10.4. The lowest BCUT2D eigenvalue weighted by Crippen LogP contribution is -2.47. The monoisotopic (exact) mass is 310 g/mol. The Morgan fingerprint density at radius 1 is 1.24 bits per heavy atom. The van der Waals surface area contributed by atoms with Gasteiger partial charge in [-0.2, -0.15) is 0 Å². The number of hydrogen-bond donors (Lipinski definition) is 1. The molecule has 0 saturated heterocycles. The first-order valence-corrected chi connectivity index (χ1v) is 7.75. The highest BCUT2D eigenvalue weighted by molar-refractivity contribution is 5.85. The van der Waals surface area contributed by atoms with Gasteiger partial charge >= 0.3 is 0 Å². The Balaban J connectivity index is 0.00000220. The topological polar surface area (TPSA) is 46.3 Å². The van der Waals surface area contributed by atoms with Crippen LogP contribution in [0.3, 0.4) is 0 Å². The fourth-order valence-electron chi connectivity index (χ4n) is 3.20. The van der Waals surface area contributed by atoms with E-state index in [1.165, 1.54) is 5.56 Å². The molecule has 4 heteroatoms. The van der Waals surface area contributed by atoms with Crippen molar-refractivity contribution in [2.45, 2.75) is 39.0 Å². The summed E-state index contributed by atoms with van der Waals surface area (Å²) in [5.41, 5.74) is 6.94. The molecule has 0 aliphatic heterocycles. The van der Waals surface area contributed by atoms with Crippen molar-refractivity contribution < 1.29 is 4.79 Å². The lowest BCUT2D eigenvalue weighted by molar-refractivity contribution is -0.141. The molecule has 0 atom stereocenters. The van der Waals surface area contributed by atoms with E-state index in [9.17, 15) is 4.79 Å². The zero-order valence-corrected chi connectivity index (χ0v) is 13.7. The third-order valence-electron chi connectivity index (χ3n) is 4.59. The minimum absolute atomic E-state index is 0. The van der Waals surface area contributed by atoms with Crippen LogP contribution >= 0.6 is 12.4 Å². The zero-order valence-electron chi connectivity index (χ0n) is 12.9. The molecule has 1 fully saturated rings. The van der Waals surface area contributed by atoms with E-state index in [0.29, 0.717) is 6.54 Å². The van der Waals surface area contributed by atoms with Crippen LogP contribution < -0.4 is 5.73 Å². The number of nitrogens with zero attached hydrogens (tertiary/aromatic N) is 1. The Hall–Kier alpha value is -1.06. The van der Waals surface area contributed by atoms with Crippen molar-refractivity contribution in [1.29, 1.82) is 0 Å². The second-order valence-corrected chi connectivity index (χ2v) is 5.81. The third kappa shape index (κ3) is 4.21. The maximum absolute atomic E-state index is 12.8. The number of nitrogens with two attached hydrogens (primary N) is 1. The van der Waals surface area contributed by atoms with Crippen LogP contribution in [-0.2, 0) is 11.2 Å². The first-order valence-electron chi connectivity index (χ1n) is 7.75. The van der Waals surface area contributed by atoms with Crippen molar-refractivity contribution in [2.75, 3.05) is 19.6 Å². The van der Waals surface area contributed by atoms with Gasteiger partial charge < -0.3 is 10.6 Å². The van der Waals surface area contributed by atoms with Crippen LogP contribution in [0.5, 0.6) is 0 Å². The van der Waals surface area contributed by atoms with Gasteiger partial charge in [0.25, 0.3) is 0 Å². The number of likely N-dealkylation sites (N-methyl/N-ethyl adjacent to an activating group) is 1. The summed E-state index contributed by atoms with van der Waals surface area (Å²) in [7, 11) is 0. The molecule has 3 nitrogen and oxygen atoms in total. The maximum atomic E-state index is 12.8. The van der Waals surface area contributed by atoms with E-state index in [1.54, 1.807) is 0 Å². The van der Waals surface area contributed by atoms with Crippen LogP contribution in [-0.4, -0.2) is 30.4 Å². The van der Waals surface area contributed by atoms with Gasteiger partial charge in [-0.25, -0.2) is 0 Å². The molecule has 2 rings (SSSR count). The van der Waals surface area contributed by atoms with E-state index in [4.69, 9.17) is 5.73 Å². The van der Waals surface area contributed by atoms with E-state index < -0.39 is 0 Å². The molecule has 1 amide bonds. The van der Waals surface area contributed by atoms with Gasteiger partial charge in [0.05, 0.1) is 5.41 Å². The van der Waals surface area contributed by atoms with Gasteiger partial charge in [-0.3, -0.25) is 4.79 Å². The fraction of sp³-hybridized carbons (Fsp3) is 0.588. The smallest absolute Gasteiger partial charge is 0.230 e. The Morgan fingerprint density at radius 2 is 1.86 bits per heavy atom. The van der Waals surface area contributed by atoms with Crippen LogP contribution in [0.25, 0.3) is 0 Å². The number of carbonyl (C=O) groups excluding carboxylic acids is 1. The van der Waals surface area contributed by atoms with Crippen molar-refractivity contribution in [1.82, 2.24) is 4.90 Å². The molecule has 0 aromatic heterocycles. The molecule has 21 heavy (non-hydrogen) atoms. The Labute approximate surface area is 134 Å². The molecule has 1 saturated carbocycles. The highest BCUT2D eigenvalue weighted by atomic mass is 35.5. The van der Waals surface area contributed by atoms with Crippen molar-refractivity contribution >= 4 is 18.3 Å². The first kappa shape index (κ1) is 18.0. The summed E-state index contributed by atoms with van der Waals surface area (Å²) in [4.78, 5) is 14.8. The van der Waals surface area contributed by atoms with Gasteiger partial charge in [0.2, 0.25) is 5.91 Å². The van der Waals surface area contributed by atoms with E-state index in [0.717, 1.165) is 45.2 Å². The summed E-state index contributed by atoms with van der Waals surface area (Å²) < 4.78 is 0. The second-order valence-electron chi connectivity index (χ2n) is 5.81. The summed E-state index contributed by atoms with van der Waals surface area (Å²) >= 11 is 0. The molecule has 1 aromatic rings. The van der Waals surface area contributed by atoms with Crippen LogP contribution in [0.1, 0.15) is 38.2 Å². The lowest BCUT2D eigenvalue weighted by atomic mass is 9.84. The van der Waals surface area contributed by atoms with Crippen molar-refractivity contribution in [2.24, 2.45) is 11.1 Å². The average molecular weight is 311 g/mol. The third-order valence-corrected chi connectivity index (χ3v) is 4.59. The zero-order chi connectivity index (χ0) is 14.4. The molecule has 0 radical (unpaired) electrons. The predicted molar refractivity (Wildman–Crippen MR) is 89.6 cm³/mol. The normalized spacial score (nSPS) is 16.3. The molecule has 0 spiro atoms. The summed E-state index contributed by atoms with van der Waals surface area (Å²) in [6.45, 7) is 4.12. The predicted octanol–water partition coefficient (Wildman–Crippen LogP) is 3.02. The largest absolute Gasteiger partial charge is 0.342 e. The molecule has 1 aliphatic rings. The SMILES string of the molecule is CCN(CCc1ccccc1)C(=O)C1(CN)CCCC1.Cl. The number of halogens is 1. The van der Waals surface area contributed by atoms with Gasteiger partial charge in [0.15, 0.2) is 0 Å². The van der Waals surface area contributed by atoms with E-state index in [-0.39, 0.29) is 23.7 Å². The maximum Gasteiger partial charge on any atom is 0.230 e. The van der Waals surface area contributed by atoms with Crippen molar-refractivity contribution in [3.05, 3.63) is 35.9 Å². The van der Waals surface area contributed by atoms with E-state index in [1.807, 2.05) is 23.1 Å². The lowest BCUT2D eigenvalue weighted by Gasteiger charge is -2.33. The quantitative estimate of drug-likeness (QED) is 0.878. The van der Waals surface area contributed by atoms with E-state index in [2.05, 4.69) is 19.1 Å². The molecular formula is C17H27ClN2O. The highest BCUT2D eigenvalue weighted by Crippen LogP contribution is 2.38. The van der Waals surface area contributed by atoms with Crippen LogP contribution in [0.2, 0.25) is 0 Å². The first-order chi connectivity index (χ1) is 9.72. The Morgan fingerprint density at radius 3 is 2.38 bits per heavy atom. The summed E-state index contributed by atoms with van der Waals surface area (Å²) in [5.74, 6) is 0.274. The van der Waals surface area contributed by atoms with Gasteiger partial charge in [-0.05, 0) is 31.7 Å². The van der Waals surface area contributed by atoms with Gasteiger partial charge in [-0.15, -0.1) is 12.4 Å². The summed E-state index contributed by atoms with van der Waals surface area (Å²) in [5, 5.41) is 0. The Bertz CT molecular complexity index is 430. The molecule has 0 unspecified atom stereocenters. The molecule has 1 aliphatic carbocycles. The second kappa shape index (κ2) is 8.40. The van der Waals surface area contributed by atoms with Crippen molar-refractivity contribution in [3.63, 3.8) is 0 Å². The molecule has 0 heterocycles. The van der Waals surface area contributed by atoms with Gasteiger partial charge in [0.1, 0.15) is 0 Å². The van der Waals surface area contributed by atoms with E-state index >= 15 is 0 Å². The van der Waals surface area contributed by atoms with Crippen LogP contribution in [0.15, 0.2) is 30.3 Å². The molecule has 118 valence electrons. The molecule has 0 bridgehead atoms. The van der Waals surface area contributed by atoms with Gasteiger partial charge in [0, 0.05) is 19.6 Å². The van der Waals surface area contributed by atoms with Crippen LogP contribution in [0.4, 0.5) is 0 Å². The number of benzene rings is 1. The highest BCUT2D eigenvalue weighted by Gasteiger charge is 2.41. The Kier molecular flexibility index (Phi) is 7.20. The molecule has 2 N–H and O–H groups in total. The molecule has 1 aromatic carbocycles. The van der Waals surface area contributed by atoms with Gasteiger partial charge in [-0.1, -0.05) is 43.2 Å². The standard InChI is InChI=1S/C17H26N2O.ClH/c1-2-19(13-10-15-8-4-3-5-9-15)16(20)17(14-18)11-6-7-12-17;/h3-5,8-9H,2,6-7,10-14,18H2,1H3;1H. The summed E-state index contributed by atoms with van der Waals surface area (Å²) in [6.07, 6.45) is 5.12. The fourth-order valence-corrected chi connectivity index (χ4v) is 3.20. The van der Waals surface area contributed by atoms with Crippen LogP contribution in [0, 0.1) is 5.41 Å². The number of rotatable bonds is 6. The molecular weight excluding hydrogens is 284 g/mol. The average Bonchev–Trinajstić information content (AvgIpc) is 2.99. The number of amides is 1. The number of hydrogen-bond acceptors (Lipinski definition) is 2. The minimum atomic E-state index is -0.271. The number of carbonyl (C=O) groups is 1.